The zero-order chi connectivity index (χ0) is 24.2. The van der Waals surface area contributed by atoms with Crippen LogP contribution in [0.3, 0.4) is 0 Å². The van der Waals surface area contributed by atoms with Crippen molar-refractivity contribution in [2.24, 2.45) is 17.8 Å². The van der Waals surface area contributed by atoms with E-state index in [0.29, 0.717) is 11.5 Å². The van der Waals surface area contributed by atoms with E-state index in [1.807, 2.05) is 37.3 Å². The summed E-state index contributed by atoms with van der Waals surface area (Å²) in [5.41, 5.74) is 3.49. The zero-order valence-electron chi connectivity index (χ0n) is 20.0. The van der Waals surface area contributed by atoms with E-state index in [4.69, 9.17) is 4.74 Å². The van der Waals surface area contributed by atoms with Crippen LogP contribution in [-0.2, 0) is 16.8 Å². The minimum atomic E-state index is -0.231. The first kappa shape index (κ1) is 23.4. The molecular formula is C29H30BrNO3S. The van der Waals surface area contributed by atoms with Crippen LogP contribution in [0, 0.1) is 17.8 Å². The average molecular weight is 553 g/mol. The number of carbonyl (C=O) groups excluding carboxylic acids is 2. The first-order chi connectivity index (χ1) is 16.9. The number of nitrogens with zero attached hydrogens (tertiary/aromatic N) is 1. The van der Waals surface area contributed by atoms with Gasteiger partial charge in [0.2, 0.25) is 0 Å². The standard InChI is InChI=1S/C29H30BrNO3S/c1-2-34-25-8-5-23(29-14-19-9-20(15-29)11-21(10-19)16-29)12-22(25)13-26-27(32)31(28(33)35-26)17-18-3-6-24(30)7-4-18/h3-8,12-13,19-21H,2,9-11,14-17H2,1H3/b26-13-. The Morgan fingerprint density at radius 3 is 2.31 bits per heavy atom. The summed E-state index contributed by atoms with van der Waals surface area (Å²) in [6, 6.07) is 14.3. The van der Waals surface area contributed by atoms with E-state index in [1.54, 1.807) is 0 Å². The molecule has 0 aromatic heterocycles. The summed E-state index contributed by atoms with van der Waals surface area (Å²) in [4.78, 5) is 27.8. The molecule has 5 aliphatic rings. The van der Waals surface area contributed by atoms with Crippen LogP contribution in [-0.4, -0.2) is 22.7 Å². The van der Waals surface area contributed by atoms with Gasteiger partial charge in [0.25, 0.3) is 11.1 Å². The van der Waals surface area contributed by atoms with E-state index >= 15 is 0 Å². The van der Waals surface area contributed by atoms with E-state index in [2.05, 4.69) is 34.1 Å². The summed E-state index contributed by atoms with van der Waals surface area (Å²) >= 11 is 4.46. The summed E-state index contributed by atoms with van der Waals surface area (Å²) in [5.74, 6) is 3.15. The van der Waals surface area contributed by atoms with Crippen molar-refractivity contribution in [2.75, 3.05) is 6.61 Å². The summed E-state index contributed by atoms with van der Waals surface area (Å²) < 4.78 is 6.92. The molecule has 1 saturated heterocycles. The Balaban J connectivity index is 1.31. The normalized spacial score (nSPS) is 30.5. The molecular weight excluding hydrogens is 522 g/mol. The largest absolute Gasteiger partial charge is 0.493 e. The van der Waals surface area contributed by atoms with Crippen LogP contribution in [0.2, 0.25) is 0 Å². The average Bonchev–Trinajstić information content (AvgIpc) is 3.08. The fourth-order valence-electron chi connectivity index (χ4n) is 7.29. The van der Waals surface area contributed by atoms with Gasteiger partial charge in [-0.15, -0.1) is 0 Å². The Bertz CT molecular complexity index is 1170. The van der Waals surface area contributed by atoms with Gasteiger partial charge in [0, 0.05) is 10.0 Å². The number of thioether (sulfide) groups is 1. The van der Waals surface area contributed by atoms with Crippen molar-refractivity contribution < 1.29 is 14.3 Å². The van der Waals surface area contributed by atoms with Gasteiger partial charge in [0.1, 0.15) is 5.75 Å². The van der Waals surface area contributed by atoms with Gasteiger partial charge in [-0.05, 0) is 122 Å². The Morgan fingerprint density at radius 1 is 1.03 bits per heavy atom. The van der Waals surface area contributed by atoms with Crippen molar-refractivity contribution in [3.8, 4) is 5.75 Å². The molecule has 35 heavy (non-hydrogen) atoms. The number of hydrogen-bond acceptors (Lipinski definition) is 4. The summed E-state index contributed by atoms with van der Waals surface area (Å²) in [6.07, 6.45) is 9.97. The molecule has 2 aromatic rings. The van der Waals surface area contributed by atoms with Crippen LogP contribution in [0.15, 0.2) is 51.8 Å². The first-order valence-corrected chi connectivity index (χ1v) is 14.3. The number of carbonyl (C=O) groups is 2. The predicted molar refractivity (Wildman–Crippen MR) is 143 cm³/mol. The first-order valence-electron chi connectivity index (χ1n) is 12.7. The maximum atomic E-state index is 13.2. The van der Waals surface area contributed by atoms with Crippen molar-refractivity contribution in [1.29, 1.82) is 0 Å². The van der Waals surface area contributed by atoms with Gasteiger partial charge in [-0.25, -0.2) is 0 Å². The highest BCUT2D eigenvalue weighted by molar-refractivity contribution is 9.10. The number of rotatable bonds is 6. The molecule has 2 aromatic carbocycles. The van der Waals surface area contributed by atoms with E-state index in [-0.39, 0.29) is 23.1 Å². The molecule has 1 heterocycles. The molecule has 0 N–H and O–H groups in total. The Labute approximate surface area is 219 Å². The second kappa shape index (κ2) is 9.11. The summed E-state index contributed by atoms with van der Waals surface area (Å²) in [7, 11) is 0. The van der Waals surface area contributed by atoms with Crippen LogP contribution in [0.1, 0.15) is 62.1 Å². The quantitative estimate of drug-likeness (QED) is 0.347. The summed E-state index contributed by atoms with van der Waals surface area (Å²) in [6.45, 7) is 2.81. The maximum absolute atomic E-state index is 13.2. The lowest BCUT2D eigenvalue weighted by atomic mass is 9.48. The molecule has 0 atom stereocenters. The van der Waals surface area contributed by atoms with Gasteiger partial charge in [0.15, 0.2) is 0 Å². The van der Waals surface area contributed by atoms with Gasteiger partial charge >= 0.3 is 0 Å². The third-order valence-corrected chi connectivity index (χ3v) is 9.81. The van der Waals surface area contributed by atoms with Crippen LogP contribution >= 0.6 is 27.7 Å². The monoisotopic (exact) mass is 551 g/mol. The lowest BCUT2D eigenvalue weighted by molar-refractivity contribution is -0.123. The minimum Gasteiger partial charge on any atom is -0.493 e. The highest BCUT2D eigenvalue weighted by Crippen LogP contribution is 2.61. The number of ether oxygens (including phenoxy) is 1. The highest BCUT2D eigenvalue weighted by atomic mass is 79.9. The fraction of sp³-hybridized carbons (Fsp3) is 0.448. The molecule has 7 rings (SSSR count). The van der Waals surface area contributed by atoms with Crippen molar-refractivity contribution in [1.82, 2.24) is 4.90 Å². The van der Waals surface area contributed by atoms with Gasteiger partial charge in [-0.2, -0.15) is 0 Å². The number of imide groups is 1. The fourth-order valence-corrected chi connectivity index (χ4v) is 8.39. The molecule has 6 heteroatoms. The lowest BCUT2D eigenvalue weighted by Gasteiger charge is -2.57. The van der Waals surface area contributed by atoms with Crippen molar-refractivity contribution in [3.63, 3.8) is 0 Å². The lowest BCUT2D eigenvalue weighted by Crippen LogP contribution is -2.48. The second-order valence-electron chi connectivity index (χ2n) is 10.8. The molecule has 0 spiro atoms. The van der Waals surface area contributed by atoms with Crippen LogP contribution in [0.4, 0.5) is 4.79 Å². The molecule has 5 fully saturated rings. The van der Waals surface area contributed by atoms with E-state index in [1.165, 1.54) is 49.0 Å². The van der Waals surface area contributed by atoms with Crippen LogP contribution < -0.4 is 4.74 Å². The molecule has 1 aliphatic heterocycles. The van der Waals surface area contributed by atoms with Crippen molar-refractivity contribution in [3.05, 3.63) is 68.5 Å². The molecule has 4 bridgehead atoms. The van der Waals surface area contributed by atoms with E-state index < -0.39 is 0 Å². The smallest absolute Gasteiger partial charge is 0.293 e. The molecule has 182 valence electrons. The third-order valence-electron chi connectivity index (χ3n) is 8.37. The van der Waals surface area contributed by atoms with Gasteiger partial charge in [0.05, 0.1) is 18.1 Å². The molecule has 4 aliphatic carbocycles. The van der Waals surface area contributed by atoms with E-state index in [0.717, 1.165) is 50.9 Å². The number of benzene rings is 2. The zero-order valence-corrected chi connectivity index (χ0v) is 22.4. The Morgan fingerprint density at radius 2 is 1.69 bits per heavy atom. The maximum Gasteiger partial charge on any atom is 0.293 e. The van der Waals surface area contributed by atoms with Gasteiger partial charge in [-0.3, -0.25) is 14.5 Å². The van der Waals surface area contributed by atoms with Gasteiger partial charge < -0.3 is 4.74 Å². The van der Waals surface area contributed by atoms with E-state index in [9.17, 15) is 9.59 Å². The number of amides is 2. The van der Waals surface area contributed by atoms with Gasteiger partial charge in [-0.1, -0.05) is 34.1 Å². The Hall–Kier alpha value is -2.05. The second-order valence-corrected chi connectivity index (χ2v) is 12.7. The number of halogens is 1. The predicted octanol–water partition coefficient (Wildman–Crippen LogP) is 7.55. The van der Waals surface area contributed by atoms with Crippen molar-refractivity contribution >= 4 is 44.9 Å². The number of hydrogen-bond donors (Lipinski definition) is 0. The SMILES string of the molecule is CCOc1ccc(C23CC4CC(CC(C4)C2)C3)cc1/C=C1\SC(=O)N(Cc2ccc(Br)cc2)C1=O. The molecule has 4 saturated carbocycles. The van der Waals surface area contributed by atoms with Crippen molar-refractivity contribution in [2.45, 2.75) is 57.4 Å². The topological polar surface area (TPSA) is 46.6 Å². The molecule has 2 amide bonds. The third kappa shape index (κ3) is 4.37. The van der Waals surface area contributed by atoms with Crippen LogP contribution in [0.25, 0.3) is 6.08 Å². The Kier molecular flexibility index (Phi) is 6.08. The molecule has 0 radical (unpaired) electrons. The van der Waals surface area contributed by atoms with Crippen LogP contribution in [0.5, 0.6) is 5.75 Å². The summed E-state index contributed by atoms with van der Waals surface area (Å²) in [5, 5.41) is -0.223. The highest BCUT2D eigenvalue weighted by Gasteiger charge is 2.51. The molecule has 0 unspecified atom stereocenters. The minimum absolute atomic E-state index is 0.223. The molecule has 4 nitrogen and oxygen atoms in total.